The first-order chi connectivity index (χ1) is 10.7. The summed E-state index contributed by atoms with van der Waals surface area (Å²) < 4.78 is 0. The van der Waals surface area contributed by atoms with E-state index in [0.29, 0.717) is 6.54 Å². The highest BCUT2D eigenvalue weighted by atomic mass is 32.1. The Morgan fingerprint density at radius 3 is 2.55 bits per heavy atom. The van der Waals surface area contributed by atoms with Gasteiger partial charge in [0.25, 0.3) is 5.91 Å². The van der Waals surface area contributed by atoms with Crippen LogP contribution in [0.4, 0.5) is 5.69 Å². The number of nitrogens with zero attached hydrogens (tertiary/aromatic N) is 2. The molecular formula is C17H18N2O2S. The molecule has 3 rings (SSSR count). The normalized spacial score (nSPS) is 18.9. The van der Waals surface area contributed by atoms with Gasteiger partial charge in [0.2, 0.25) is 5.91 Å². The molecule has 0 aliphatic carbocycles. The monoisotopic (exact) mass is 314 g/mol. The van der Waals surface area contributed by atoms with Crippen LogP contribution in [0.2, 0.25) is 0 Å². The maximum atomic E-state index is 13.0. The fraction of sp³-hybridized carbons (Fsp3) is 0.294. The average molecular weight is 314 g/mol. The van der Waals surface area contributed by atoms with Crippen LogP contribution in [-0.4, -0.2) is 29.8 Å². The molecule has 22 heavy (non-hydrogen) atoms. The first-order valence-electron chi connectivity index (χ1n) is 7.41. The lowest BCUT2D eigenvalue weighted by Gasteiger charge is -2.39. The molecule has 0 spiro atoms. The van der Waals surface area contributed by atoms with E-state index in [1.807, 2.05) is 54.8 Å². The lowest BCUT2D eigenvalue weighted by Crippen LogP contribution is -2.55. The van der Waals surface area contributed by atoms with Crippen molar-refractivity contribution < 1.29 is 9.59 Å². The van der Waals surface area contributed by atoms with Gasteiger partial charge in [-0.1, -0.05) is 31.2 Å². The number of piperazine rings is 1. The Hall–Kier alpha value is -2.14. The van der Waals surface area contributed by atoms with Gasteiger partial charge < -0.3 is 9.80 Å². The average Bonchev–Trinajstić information content (AvgIpc) is 3.06. The van der Waals surface area contributed by atoms with Crippen molar-refractivity contribution in [2.45, 2.75) is 19.4 Å². The molecule has 0 radical (unpaired) electrons. The molecule has 1 aromatic heterocycles. The third-order valence-electron chi connectivity index (χ3n) is 3.77. The molecule has 1 aromatic carbocycles. The van der Waals surface area contributed by atoms with Crippen molar-refractivity contribution in [3.8, 4) is 0 Å². The predicted molar refractivity (Wildman–Crippen MR) is 87.9 cm³/mol. The largest absolute Gasteiger partial charge is 0.324 e. The topological polar surface area (TPSA) is 40.6 Å². The summed E-state index contributed by atoms with van der Waals surface area (Å²) in [6.45, 7) is 2.74. The van der Waals surface area contributed by atoms with E-state index in [0.717, 1.165) is 17.0 Å². The van der Waals surface area contributed by atoms with E-state index in [1.165, 1.54) is 11.3 Å². The van der Waals surface area contributed by atoms with Crippen LogP contribution < -0.4 is 4.90 Å². The molecule has 2 amide bonds. The first-order valence-corrected chi connectivity index (χ1v) is 8.29. The van der Waals surface area contributed by atoms with E-state index in [9.17, 15) is 9.59 Å². The van der Waals surface area contributed by atoms with Crippen molar-refractivity contribution in [2.24, 2.45) is 0 Å². The third-order valence-corrected chi connectivity index (χ3v) is 4.70. The van der Waals surface area contributed by atoms with Gasteiger partial charge in [0.05, 0.1) is 0 Å². The number of carbonyl (C=O) groups excluding carboxylic acids is 2. The van der Waals surface area contributed by atoms with Gasteiger partial charge in [0, 0.05) is 17.1 Å². The molecule has 1 aliphatic rings. The van der Waals surface area contributed by atoms with Gasteiger partial charge in [-0.2, -0.15) is 0 Å². The Kier molecular flexibility index (Phi) is 4.24. The highest BCUT2D eigenvalue weighted by Gasteiger charge is 2.40. The molecule has 2 aromatic rings. The zero-order chi connectivity index (χ0) is 15.5. The summed E-state index contributed by atoms with van der Waals surface area (Å²) >= 11 is 1.52. The Labute approximate surface area is 134 Å². The number of para-hydroxylation sites is 1. The minimum Gasteiger partial charge on any atom is -0.324 e. The maximum absolute atomic E-state index is 13.0. The smallest absolute Gasteiger partial charge is 0.255 e. The summed E-state index contributed by atoms with van der Waals surface area (Å²) in [6.07, 6.45) is 0.840. The molecule has 0 saturated carbocycles. The fourth-order valence-corrected chi connectivity index (χ4v) is 3.60. The number of benzene rings is 1. The summed E-state index contributed by atoms with van der Waals surface area (Å²) in [5, 5.41) is 1.94. The second kappa shape index (κ2) is 6.32. The number of rotatable bonds is 4. The van der Waals surface area contributed by atoms with Crippen LogP contribution in [0.1, 0.15) is 24.3 Å². The highest BCUT2D eigenvalue weighted by Crippen LogP contribution is 2.32. The maximum Gasteiger partial charge on any atom is 0.255 e. The summed E-state index contributed by atoms with van der Waals surface area (Å²) in [6, 6.07) is 12.7. The van der Waals surface area contributed by atoms with E-state index < -0.39 is 6.04 Å². The van der Waals surface area contributed by atoms with Crippen LogP contribution in [0.5, 0.6) is 0 Å². The molecule has 0 unspecified atom stereocenters. The lowest BCUT2D eigenvalue weighted by atomic mass is 10.1. The molecule has 1 saturated heterocycles. The number of carbonyl (C=O) groups is 2. The van der Waals surface area contributed by atoms with Crippen LogP contribution in [-0.2, 0) is 9.59 Å². The Morgan fingerprint density at radius 1 is 1.14 bits per heavy atom. The fourth-order valence-electron chi connectivity index (χ4n) is 2.77. The summed E-state index contributed by atoms with van der Waals surface area (Å²) in [4.78, 5) is 29.8. The van der Waals surface area contributed by atoms with Gasteiger partial charge in [-0.15, -0.1) is 11.3 Å². The molecule has 114 valence electrons. The number of hydrogen-bond acceptors (Lipinski definition) is 3. The zero-order valence-corrected chi connectivity index (χ0v) is 13.3. The molecule has 1 fully saturated rings. The van der Waals surface area contributed by atoms with E-state index in [2.05, 4.69) is 0 Å². The molecule has 5 heteroatoms. The zero-order valence-electron chi connectivity index (χ0n) is 12.4. The highest BCUT2D eigenvalue weighted by molar-refractivity contribution is 7.10. The van der Waals surface area contributed by atoms with Crippen LogP contribution in [0.3, 0.4) is 0 Å². The predicted octanol–water partition coefficient (Wildman–Crippen LogP) is 3.07. The molecular weight excluding hydrogens is 296 g/mol. The van der Waals surface area contributed by atoms with Crippen LogP contribution in [0, 0.1) is 0 Å². The van der Waals surface area contributed by atoms with E-state index in [-0.39, 0.29) is 18.4 Å². The Bertz CT molecular complexity index is 655. The van der Waals surface area contributed by atoms with Crippen LogP contribution in [0.15, 0.2) is 47.8 Å². The summed E-state index contributed by atoms with van der Waals surface area (Å²) in [7, 11) is 0. The van der Waals surface area contributed by atoms with E-state index in [4.69, 9.17) is 0 Å². The number of anilines is 1. The van der Waals surface area contributed by atoms with Gasteiger partial charge >= 0.3 is 0 Å². The summed E-state index contributed by atoms with van der Waals surface area (Å²) in [5.74, 6) is -0.0228. The number of amides is 2. The van der Waals surface area contributed by atoms with Gasteiger partial charge in [0.1, 0.15) is 12.6 Å². The van der Waals surface area contributed by atoms with Gasteiger partial charge in [-0.05, 0) is 30.0 Å². The molecule has 1 aliphatic heterocycles. The van der Waals surface area contributed by atoms with E-state index >= 15 is 0 Å². The second-order valence-electron chi connectivity index (χ2n) is 5.27. The number of hydrogen-bond donors (Lipinski definition) is 0. The SMILES string of the molecule is CCCN1C(=O)CN(c2ccccc2)C(=O)[C@H]1c1cccs1. The first kappa shape index (κ1) is 14.8. The molecule has 0 N–H and O–H groups in total. The lowest BCUT2D eigenvalue weighted by molar-refractivity contribution is -0.143. The third kappa shape index (κ3) is 2.64. The quantitative estimate of drug-likeness (QED) is 0.870. The van der Waals surface area contributed by atoms with Gasteiger partial charge in [-0.25, -0.2) is 0 Å². The van der Waals surface area contributed by atoms with Crippen LogP contribution in [0.25, 0.3) is 0 Å². The minimum absolute atomic E-state index is 0.00343. The minimum atomic E-state index is -0.499. The van der Waals surface area contributed by atoms with Crippen LogP contribution >= 0.6 is 11.3 Å². The van der Waals surface area contributed by atoms with Crippen molar-refractivity contribution in [3.63, 3.8) is 0 Å². The Morgan fingerprint density at radius 2 is 1.91 bits per heavy atom. The number of thiophene rings is 1. The summed E-state index contributed by atoms with van der Waals surface area (Å²) in [5.41, 5.74) is 0.776. The standard InChI is InChI=1S/C17H18N2O2S/c1-2-10-18-15(20)12-19(13-7-4-3-5-8-13)17(21)16(18)14-9-6-11-22-14/h3-9,11,16H,2,10,12H2,1H3/t16-/m1/s1. The molecule has 2 heterocycles. The second-order valence-corrected chi connectivity index (χ2v) is 6.24. The van der Waals surface area contributed by atoms with Crippen molar-refractivity contribution >= 4 is 28.8 Å². The molecule has 1 atom stereocenters. The van der Waals surface area contributed by atoms with E-state index in [1.54, 1.807) is 9.80 Å². The van der Waals surface area contributed by atoms with Gasteiger partial charge in [-0.3, -0.25) is 9.59 Å². The van der Waals surface area contributed by atoms with Crippen molar-refractivity contribution in [1.29, 1.82) is 0 Å². The van der Waals surface area contributed by atoms with Crippen molar-refractivity contribution in [1.82, 2.24) is 4.90 Å². The molecule has 4 nitrogen and oxygen atoms in total. The molecule has 0 bridgehead atoms. The van der Waals surface area contributed by atoms with Crippen molar-refractivity contribution in [3.05, 3.63) is 52.7 Å². The Balaban J connectivity index is 1.98. The van der Waals surface area contributed by atoms with Gasteiger partial charge in [0.15, 0.2) is 0 Å². The van der Waals surface area contributed by atoms with Crippen molar-refractivity contribution in [2.75, 3.05) is 18.0 Å².